The Bertz CT molecular complexity index is 2540. The summed E-state index contributed by atoms with van der Waals surface area (Å²) in [6.45, 7) is 0.486. The summed E-state index contributed by atoms with van der Waals surface area (Å²) in [5.74, 6) is -14.0. The zero-order chi connectivity index (χ0) is 56.9. The number of benzene rings is 1. The van der Waals surface area contributed by atoms with Crippen molar-refractivity contribution < 1.29 is 72.9 Å². The van der Waals surface area contributed by atoms with E-state index < -0.39 is 151 Å². The molecule has 0 spiro atoms. The van der Waals surface area contributed by atoms with Crippen LogP contribution < -0.4 is 60.2 Å². The van der Waals surface area contributed by atoms with Gasteiger partial charge in [0.1, 0.15) is 48.3 Å². The van der Waals surface area contributed by atoms with Gasteiger partial charge in [0, 0.05) is 54.5 Å². The summed E-state index contributed by atoms with van der Waals surface area (Å²) in [6.07, 6.45) is -2.11. The second-order valence-electron chi connectivity index (χ2n) is 18.1. The van der Waals surface area contributed by atoms with Crippen molar-refractivity contribution in [2.45, 2.75) is 113 Å². The Morgan fingerprint density at radius 1 is 0.831 bits per heavy atom. The minimum absolute atomic E-state index is 0.0343. The number of hydrogen-bond acceptors (Lipinski definition) is 17. The molecular formula is C46H66N14O15S2. The van der Waals surface area contributed by atoms with Crippen molar-refractivity contribution in [2.75, 3.05) is 42.6 Å². The first kappa shape index (κ1) is 62.0. The molecule has 19 N–H and O–H groups in total. The number of amides is 9. The number of aliphatic imine (C=N–C) groups is 1. The number of aliphatic hydroxyl groups is 1. The van der Waals surface area contributed by atoms with Crippen LogP contribution in [0.15, 0.2) is 35.5 Å². The van der Waals surface area contributed by atoms with Gasteiger partial charge in [-0.2, -0.15) is 23.5 Å². The van der Waals surface area contributed by atoms with Gasteiger partial charge in [0.25, 0.3) is 0 Å². The lowest BCUT2D eigenvalue weighted by Gasteiger charge is -2.31. The standard InChI is InChI=1S/C46H66N14O15S2/c1-22(61)37-43(72)55-27(8-4-12-51-46(49)50)38(67)54-28(10-11-34(48)63)39(68)56-29(14-23-17-52-26-7-3-2-6-25(23)26)44(73)60-13-5-9-33(60)42(71)58-32(40(69)57-30(45(74)75)15-36(65)66)21-77-19-24(62)18-76-20-31(41(70)59-37)53-35(64)16-47/h2-3,6-7,17,22,27-33,37,52,61H,4-5,8-16,18-21,47H2,1H3,(H2,48,63)(H,53,64)(H,54,67)(H,55,72)(H,56,68)(H,57,69)(H,58,71)(H,59,70)(H,65,66)(H,74,75)(H4,49,50,51)/t22-,27+,28+,29+,30+,31+,32+,33+,37+/m1/s1. The Morgan fingerprint density at radius 3 is 2.12 bits per heavy atom. The molecule has 0 radical (unpaired) electrons. The number of Topliss-reactive ketones (excluding diaryl/α,β-unsaturated/α-hetero) is 1. The quantitative estimate of drug-likeness (QED) is 0.0399. The van der Waals surface area contributed by atoms with Crippen LogP contribution in [0.4, 0.5) is 0 Å². The number of nitrogens with two attached hydrogens (primary N) is 4. The van der Waals surface area contributed by atoms with E-state index in [1.807, 2.05) is 0 Å². The number of fused-ring (bicyclic) bond motifs is 2. The first-order valence-corrected chi connectivity index (χ1v) is 26.6. The van der Waals surface area contributed by atoms with Crippen LogP contribution in [0.5, 0.6) is 0 Å². The maximum absolute atomic E-state index is 14.9. The fourth-order valence-corrected chi connectivity index (χ4v) is 10.1. The number of ketones is 1. The topological polar surface area (TPSA) is 485 Å². The van der Waals surface area contributed by atoms with Gasteiger partial charge in [-0.1, -0.05) is 18.2 Å². The third-order valence-corrected chi connectivity index (χ3v) is 14.3. The predicted molar refractivity (Wildman–Crippen MR) is 279 cm³/mol. The molecule has 2 fully saturated rings. The summed E-state index contributed by atoms with van der Waals surface area (Å²) in [5, 5.41) is 47.5. The van der Waals surface area contributed by atoms with E-state index in [1.165, 1.54) is 4.90 Å². The molecule has 0 unspecified atom stereocenters. The lowest BCUT2D eigenvalue weighted by Crippen LogP contribution is -2.62. The number of thioether (sulfide) groups is 2. The molecule has 2 aliphatic rings. The number of guanidine groups is 1. The number of carboxylic acids is 2. The van der Waals surface area contributed by atoms with Gasteiger partial charge in [0.05, 0.1) is 30.6 Å². The molecule has 9 atom stereocenters. The zero-order valence-electron chi connectivity index (χ0n) is 42.0. The number of aliphatic hydroxyl groups excluding tert-OH is 1. The van der Waals surface area contributed by atoms with Gasteiger partial charge in [-0.15, -0.1) is 0 Å². The van der Waals surface area contributed by atoms with Crippen LogP contribution in [-0.4, -0.2) is 199 Å². The van der Waals surface area contributed by atoms with Crippen molar-refractivity contribution in [2.24, 2.45) is 27.9 Å². The minimum Gasteiger partial charge on any atom is -0.481 e. The molecule has 2 aliphatic heterocycles. The van der Waals surface area contributed by atoms with Crippen LogP contribution in [0.1, 0.15) is 57.4 Å². The SMILES string of the molecule is C[C@@H](O)[C@@H]1NC(=O)[C@@H](NC(=O)CN)CSCC(=O)CSC[C@@H](C(=O)N[C@@H](CC(=O)O)C(=O)O)NC(=O)[C@@H]2CCCN2C(=O)[C@H](Cc2c[nH]c3ccccc23)NC(=O)[C@H](CCC(N)=O)NC(=O)[C@H](CCCN=C(N)N)NC1=O. The monoisotopic (exact) mass is 1120 g/mol. The molecule has 2 aromatic rings. The molecule has 2 saturated heterocycles. The molecule has 29 nitrogen and oxygen atoms in total. The molecule has 1 aromatic carbocycles. The highest BCUT2D eigenvalue weighted by Crippen LogP contribution is 2.24. The average Bonchev–Trinajstić information content (AvgIpc) is 4.03. The first-order chi connectivity index (χ1) is 36.5. The van der Waals surface area contributed by atoms with E-state index in [1.54, 1.807) is 30.5 Å². The molecule has 422 valence electrons. The predicted octanol–water partition coefficient (Wildman–Crippen LogP) is -5.64. The van der Waals surface area contributed by atoms with Crippen LogP contribution in [-0.2, 0) is 64.0 Å². The molecule has 9 amide bonds. The van der Waals surface area contributed by atoms with Gasteiger partial charge in [0.2, 0.25) is 53.2 Å². The number of rotatable bonds is 17. The second kappa shape index (κ2) is 30.3. The Morgan fingerprint density at radius 2 is 1.48 bits per heavy atom. The largest absolute Gasteiger partial charge is 0.481 e. The Kier molecular flexibility index (Phi) is 24.4. The van der Waals surface area contributed by atoms with Crippen LogP contribution in [0.3, 0.4) is 0 Å². The highest BCUT2D eigenvalue weighted by molar-refractivity contribution is 8.01. The Balaban J connectivity index is 1.82. The van der Waals surface area contributed by atoms with E-state index in [4.69, 9.17) is 22.9 Å². The highest BCUT2D eigenvalue weighted by atomic mass is 32.2. The molecule has 31 heteroatoms. The number of nitrogens with zero attached hydrogens (tertiary/aromatic N) is 2. The molecule has 0 bridgehead atoms. The molecule has 0 saturated carbocycles. The maximum atomic E-state index is 14.9. The minimum atomic E-state index is -1.94. The Hall–Kier alpha value is -7.51. The normalized spacial score (nSPS) is 23.6. The van der Waals surface area contributed by atoms with Gasteiger partial charge in [-0.3, -0.25) is 57.7 Å². The van der Waals surface area contributed by atoms with Crippen molar-refractivity contribution in [3.05, 3.63) is 36.0 Å². The number of aliphatic carboxylic acids is 2. The van der Waals surface area contributed by atoms with E-state index in [9.17, 15) is 72.9 Å². The van der Waals surface area contributed by atoms with Crippen LogP contribution >= 0.6 is 23.5 Å². The summed E-state index contributed by atoms with van der Waals surface area (Å²) in [4.78, 5) is 169. The van der Waals surface area contributed by atoms with Crippen molar-refractivity contribution in [1.82, 2.24) is 47.1 Å². The third-order valence-electron chi connectivity index (χ3n) is 12.1. The zero-order valence-corrected chi connectivity index (χ0v) is 43.6. The number of carbonyl (C=O) groups is 12. The van der Waals surface area contributed by atoms with Crippen molar-refractivity contribution >= 4 is 111 Å². The summed E-state index contributed by atoms with van der Waals surface area (Å²) in [6, 6.07) is -5.81. The molecule has 0 aliphatic carbocycles. The van der Waals surface area contributed by atoms with E-state index in [0.717, 1.165) is 30.4 Å². The van der Waals surface area contributed by atoms with Gasteiger partial charge in [-0.05, 0) is 50.7 Å². The van der Waals surface area contributed by atoms with E-state index in [2.05, 4.69) is 47.2 Å². The summed E-state index contributed by atoms with van der Waals surface area (Å²) in [7, 11) is 0. The molecule has 1 aromatic heterocycles. The van der Waals surface area contributed by atoms with Gasteiger partial charge in [-0.25, -0.2) is 4.79 Å². The summed E-state index contributed by atoms with van der Waals surface area (Å²) in [5.41, 5.74) is 23.1. The summed E-state index contributed by atoms with van der Waals surface area (Å²) < 4.78 is 0. The number of carbonyl (C=O) groups excluding carboxylic acids is 10. The number of aromatic nitrogens is 1. The lowest BCUT2D eigenvalue weighted by atomic mass is 10.0. The molecule has 3 heterocycles. The molecular weight excluding hydrogens is 1050 g/mol. The number of H-pyrrole nitrogens is 1. The number of hydrogen-bond donors (Lipinski definition) is 15. The van der Waals surface area contributed by atoms with E-state index in [-0.39, 0.29) is 74.2 Å². The summed E-state index contributed by atoms with van der Waals surface area (Å²) >= 11 is 1.69. The lowest BCUT2D eigenvalue weighted by molar-refractivity contribution is -0.147. The van der Waals surface area contributed by atoms with Crippen LogP contribution in [0.25, 0.3) is 10.9 Å². The average molecular weight is 1120 g/mol. The fraction of sp³-hybridized carbons (Fsp3) is 0.543. The van der Waals surface area contributed by atoms with E-state index >= 15 is 0 Å². The smallest absolute Gasteiger partial charge is 0.326 e. The number of carboxylic acid groups (broad SMARTS) is 2. The van der Waals surface area contributed by atoms with Gasteiger partial charge >= 0.3 is 11.9 Å². The van der Waals surface area contributed by atoms with Gasteiger partial charge in [0.15, 0.2) is 11.7 Å². The number of primary amides is 1. The first-order valence-electron chi connectivity index (χ1n) is 24.3. The number of nitrogens with one attached hydrogen (secondary N) is 8. The number of aromatic amines is 1. The highest BCUT2D eigenvalue weighted by Gasteiger charge is 2.41. The third kappa shape index (κ3) is 19.5. The van der Waals surface area contributed by atoms with E-state index in [0.29, 0.717) is 16.5 Å². The fourth-order valence-electron chi connectivity index (χ4n) is 8.17. The molecule has 4 rings (SSSR count). The Labute approximate surface area is 449 Å². The van der Waals surface area contributed by atoms with Crippen molar-refractivity contribution in [1.29, 1.82) is 0 Å². The molecule has 77 heavy (non-hydrogen) atoms. The van der Waals surface area contributed by atoms with Crippen LogP contribution in [0, 0.1) is 0 Å². The van der Waals surface area contributed by atoms with Gasteiger partial charge < -0.3 is 85.4 Å². The number of para-hydroxylation sites is 1. The van der Waals surface area contributed by atoms with Crippen LogP contribution in [0.2, 0.25) is 0 Å². The van der Waals surface area contributed by atoms with Crippen molar-refractivity contribution in [3.63, 3.8) is 0 Å². The second-order valence-corrected chi connectivity index (χ2v) is 20.1. The van der Waals surface area contributed by atoms with Crippen molar-refractivity contribution in [3.8, 4) is 0 Å². The maximum Gasteiger partial charge on any atom is 0.326 e.